The van der Waals surface area contributed by atoms with Crippen molar-refractivity contribution in [3.05, 3.63) is 41.0 Å². The van der Waals surface area contributed by atoms with Crippen molar-refractivity contribution in [1.29, 1.82) is 0 Å². The minimum absolute atomic E-state index is 0.120. The van der Waals surface area contributed by atoms with Crippen LogP contribution in [0.3, 0.4) is 0 Å². The van der Waals surface area contributed by atoms with Crippen molar-refractivity contribution in [2.24, 2.45) is 5.92 Å². The third-order valence-electron chi connectivity index (χ3n) is 6.37. The molecule has 1 atom stereocenters. The van der Waals surface area contributed by atoms with Crippen molar-refractivity contribution in [2.45, 2.75) is 44.7 Å². The van der Waals surface area contributed by atoms with Crippen molar-refractivity contribution < 1.29 is 13.2 Å². The number of piperidine rings is 1. The number of piperazine rings is 1. The summed E-state index contributed by atoms with van der Waals surface area (Å²) >= 11 is 6.32. The van der Waals surface area contributed by atoms with Crippen LogP contribution in [0.25, 0.3) is 0 Å². The minimum Gasteiger partial charge on any atom is -0.368 e. The van der Waals surface area contributed by atoms with Crippen molar-refractivity contribution in [2.75, 3.05) is 44.2 Å². The van der Waals surface area contributed by atoms with E-state index in [2.05, 4.69) is 16.9 Å². The fourth-order valence-corrected chi connectivity index (χ4v) is 6.40. The first kappa shape index (κ1) is 24.0. The summed E-state index contributed by atoms with van der Waals surface area (Å²) in [6, 6.07) is 7.57. The maximum absolute atomic E-state index is 13.6. The average Bonchev–Trinajstić information content (AvgIpc) is 3.24. The number of nitrogens with zero attached hydrogens (tertiary/aromatic N) is 5. The summed E-state index contributed by atoms with van der Waals surface area (Å²) in [5.41, 5.74) is 1.09. The van der Waals surface area contributed by atoms with E-state index in [1.807, 2.05) is 31.2 Å². The molecule has 0 saturated carbocycles. The normalized spacial score (nSPS) is 20.3. The number of hydrogen-bond donors (Lipinski definition) is 0. The Morgan fingerprint density at radius 2 is 1.88 bits per heavy atom. The zero-order valence-electron chi connectivity index (χ0n) is 19.3. The highest BCUT2D eigenvalue weighted by atomic mass is 35.5. The molecule has 0 N–H and O–H groups in total. The number of carbonyl (C=O) groups excluding carboxylic acids is 1. The SMILES string of the molecule is CCCn1cc(C(=O)N2CCC[C@@H](C)C2)c(S(=O)(=O)N2CCN(c3ccccc3Cl)CC2)n1. The zero-order chi connectivity index (χ0) is 23.6. The van der Waals surface area contributed by atoms with Gasteiger partial charge in [-0.25, -0.2) is 8.42 Å². The van der Waals surface area contributed by atoms with Crippen molar-refractivity contribution in [3.63, 3.8) is 0 Å². The molecular weight excluding hydrogens is 462 g/mol. The molecule has 1 aromatic carbocycles. The summed E-state index contributed by atoms with van der Waals surface area (Å²) in [6.45, 7) is 7.63. The molecular formula is C23H32ClN5O3S. The molecule has 1 aromatic heterocycles. The Morgan fingerprint density at radius 3 is 2.55 bits per heavy atom. The molecule has 1 amide bonds. The molecule has 0 unspecified atom stereocenters. The summed E-state index contributed by atoms with van der Waals surface area (Å²) in [4.78, 5) is 17.2. The molecule has 3 heterocycles. The van der Waals surface area contributed by atoms with Crippen LogP contribution in [0.4, 0.5) is 5.69 Å². The van der Waals surface area contributed by atoms with Crippen LogP contribution in [0, 0.1) is 5.92 Å². The lowest BCUT2D eigenvalue weighted by atomic mass is 10.00. The number of para-hydroxylation sites is 1. The standard InChI is InChI=1S/C23H32ClN5O3S/c1-3-10-28-17-19(23(30)27-11-6-7-18(2)16-27)22(25-28)33(31,32)29-14-12-26(13-15-29)21-9-5-4-8-20(21)24/h4-5,8-9,17-18H,3,6-7,10-16H2,1-2H3/t18-/m1/s1. The lowest BCUT2D eigenvalue weighted by Crippen LogP contribution is -2.49. The first-order valence-corrected chi connectivity index (χ1v) is 13.5. The number of aromatic nitrogens is 2. The number of hydrogen-bond acceptors (Lipinski definition) is 5. The van der Waals surface area contributed by atoms with E-state index in [0.717, 1.165) is 24.9 Å². The van der Waals surface area contributed by atoms with Gasteiger partial charge in [-0.3, -0.25) is 9.48 Å². The van der Waals surface area contributed by atoms with Crippen LogP contribution in [-0.2, 0) is 16.6 Å². The summed E-state index contributed by atoms with van der Waals surface area (Å²) in [6.07, 6.45) is 4.42. The predicted molar refractivity (Wildman–Crippen MR) is 129 cm³/mol. The highest BCUT2D eigenvalue weighted by Crippen LogP contribution is 2.28. The molecule has 2 aromatic rings. The van der Waals surface area contributed by atoms with Gasteiger partial charge in [0.05, 0.1) is 16.3 Å². The zero-order valence-corrected chi connectivity index (χ0v) is 20.9. The number of sulfonamides is 1. The van der Waals surface area contributed by atoms with Gasteiger partial charge in [0, 0.05) is 52.0 Å². The topological polar surface area (TPSA) is 78.8 Å². The molecule has 2 aliphatic heterocycles. The van der Waals surface area contributed by atoms with Gasteiger partial charge in [0.1, 0.15) is 0 Å². The van der Waals surface area contributed by atoms with E-state index in [-0.39, 0.29) is 16.5 Å². The van der Waals surface area contributed by atoms with Crippen LogP contribution in [0.15, 0.2) is 35.5 Å². The highest BCUT2D eigenvalue weighted by molar-refractivity contribution is 7.89. The first-order chi connectivity index (χ1) is 15.8. The van der Waals surface area contributed by atoms with Crippen LogP contribution < -0.4 is 4.90 Å². The molecule has 4 rings (SSSR count). The number of benzene rings is 1. The maximum atomic E-state index is 13.6. The summed E-state index contributed by atoms with van der Waals surface area (Å²) < 4.78 is 30.3. The Balaban J connectivity index is 1.57. The van der Waals surface area contributed by atoms with Crippen molar-refractivity contribution >= 4 is 33.2 Å². The number of rotatable bonds is 6. The Labute approximate surface area is 201 Å². The minimum atomic E-state index is -3.91. The molecule has 33 heavy (non-hydrogen) atoms. The molecule has 2 fully saturated rings. The predicted octanol–water partition coefficient (Wildman–Crippen LogP) is 3.33. The van der Waals surface area contributed by atoms with Gasteiger partial charge >= 0.3 is 0 Å². The molecule has 0 spiro atoms. The Hall–Kier alpha value is -2.10. The Morgan fingerprint density at radius 1 is 1.15 bits per heavy atom. The van der Waals surface area contributed by atoms with Gasteiger partial charge in [0.15, 0.2) is 0 Å². The summed E-state index contributed by atoms with van der Waals surface area (Å²) in [7, 11) is -3.91. The molecule has 2 aliphatic rings. The van der Waals surface area contributed by atoms with E-state index in [0.29, 0.717) is 56.8 Å². The van der Waals surface area contributed by atoms with E-state index in [9.17, 15) is 13.2 Å². The lowest BCUT2D eigenvalue weighted by Gasteiger charge is -2.35. The van der Waals surface area contributed by atoms with Crippen LogP contribution in [0.5, 0.6) is 0 Å². The van der Waals surface area contributed by atoms with E-state index >= 15 is 0 Å². The molecule has 10 heteroatoms. The van der Waals surface area contributed by atoms with Crippen LogP contribution in [-0.4, -0.2) is 72.6 Å². The van der Waals surface area contributed by atoms with E-state index in [1.165, 1.54) is 4.31 Å². The third kappa shape index (κ3) is 5.05. The van der Waals surface area contributed by atoms with E-state index in [4.69, 9.17) is 11.6 Å². The molecule has 180 valence electrons. The molecule has 0 bridgehead atoms. The second-order valence-corrected chi connectivity index (χ2v) is 11.2. The van der Waals surface area contributed by atoms with Gasteiger partial charge < -0.3 is 9.80 Å². The first-order valence-electron chi connectivity index (χ1n) is 11.7. The average molecular weight is 494 g/mol. The van der Waals surface area contributed by atoms with Crippen LogP contribution in [0.2, 0.25) is 5.02 Å². The number of carbonyl (C=O) groups is 1. The van der Waals surface area contributed by atoms with Gasteiger partial charge in [-0.2, -0.15) is 9.40 Å². The molecule has 0 aliphatic carbocycles. The van der Waals surface area contributed by atoms with Gasteiger partial charge in [-0.15, -0.1) is 0 Å². The second kappa shape index (κ2) is 10.0. The second-order valence-electron chi connectivity index (χ2n) is 8.95. The van der Waals surface area contributed by atoms with Crippen molar-refractivity contribution in [3.8, 4) is 0 Å². The van der Waals surface area contributed by atoms with E-state index < -0.39 is 10.0 Å². The quantitative estimate of drug-likeness (QED) is 0.616. The Bertz CT molecular complexity index is 1100. The number of aryl methyl sites for hydroxylation is 1. The lowest BCUT2D eigenvalue weighted by molar-refractivity contribution is 0.0679. The van der Waals surface area contributed by atoms with Crippen LogP contribution in [0.1, 0.15) is 43.5 Å². The Kier molecular flexibility index (Phi) is 7.31. The molecule has 8 nitrogen and oxygen atoms in total. The van der Waals surface area contributed by atoms with E-state index in [1.54, 1.807) is 15.8 Å². The number of amides is 1. The van der Waals surface area contributed by atoms with Crippen LogP contribution >= 0.6 is 11.6 Å². The number of halogens is 1. The summed E-state index contributed by atoms with van der Waals surface area (Å²) in [5, 5.41) is 4.91. The smallest absolute Gasteiger partial charge is 0.263 e. The van der Waals surface area contributed by atoms with Gasteiger partial charge in [-0.05, 0) is 37.3 Å². The monoisotopic (exact) mass is 493 g/mol. The number of likely N-dealkylation sites (tertiary alicyclic amines) is 1. The molecule has 0 radical (unpaired) electrons. The van der Waals surface area contributed by atoms with Gasteiger partial charge in [-0.1, -0.05) is 37.6 Å². The third-order valence-corrected chi connectivity index (χ3v) is 8.53. The number of anilines is 1. The largest absolute Gasteiger partial charge is 0.368 e. The summed E-state index contributed by atoms with van der Waals surface area (Å²) in [5.74, 6) is 0.170. The fraction of sp³-hybridized carbons (Fsp3) is 0.565. The highest BCUT2D eigenvalue weighted by Gasteiger charge is 2.36. The fourth-order valence-electron chi connectivity index (χ4n) is 4.63. The molecule has 2 saturated heterocycles. The van der Waals surface area contributed by atoms with Gasteiger partial charge in [0.2, 0.25) is 5.03 Å². The van der Waals surface area contributed by atoms with Gasteiger partial charge in [0.25, 0.3) is 15.9 Å². The maximum Gasteiger partial charge on any atom is 0.263 e. The van der Waals surface area contributed by atoms with Crippen molar-refractivity contribution in [1.82, 2.24) is 19.0 Å².